The molecule has 4 heteroatoms. The maximum Gasteiger partial charge on any atom is 0.159 e. The van der Waals surface area contributed by atoms with Crippen molar-refractivity contribution in [3.63, 3.8) is 0 Å². The molecule has 88 valence electrons. The zero-order valence-electron chi connectivity index (χ0n) is 9.13. The molecular weight excluding hydrogens is 212 g/mol. The van der Waals surface area contributed by atoms with E-state index >= 15 is 0 Å². The van der Waals surface area contributed by atoms with Crippen LogP contribution in [-0.2, 0) is 0 Å². The first kappa shape index (κ1) is 11.5. The predicted molar refractivity (Wildman–Crippen MR) is 57.0 cm³/mol. The van der Waals surface area contributed by atoms with Crippen molar-refractivity contribution in [1.82, 2.24) is 5.32 Å². The summed E-state index contributed by atoms with van der Waals surface area (Å²) in [5, 5.41) is 13.0. The number of aliphatic hydroxyl groups excluding tert-OH is 1. The van der Waals surface area contributed by atoms with Gasteiger partial charge in [-0.15, -0.1) is 0 Å². The number of β-amino-alcohol motifs (C(OH)–C–C–N with tert-alkyl or cyclic N) is 1. The summed E-state index contributed by atoms with van der Waals surface area (Å²) in [5.74, 6) is -1.81. The van der Waals surface area contributed by atoms with Gasteiger partial charge in [0.25, 0.3) is 0 Å². The van der Waals surface area contributed by atoms with E-state index in [-0.39, 0.29) is 5.54 Å². The Morgan fingerprint density at radius 1 is 1.38 bits per heavy atom. The van der Waals surface area contributed by atoms with Crippen LogP contribution < -0.4 is 5.32 Å². The lowest BCUT2D eigenvalue weighted by Crippen LogP contribution is -2.32. The zero-order chi connectivity index (χ0) is 11.8. The van der Waals surface area contributed by atoms with Crippen LogP contribution in [-0.4, -0.2) is 17.2 Å². The van der Waals surface area contributed by atoms with Crippen LogP contribution in [0, 0.1) is 11.6 Å². The summed E-state index contributed by atoms with van der Waals surface area (Å²) in [4.78, 5) is 0. The molecule has 1 aliphatic rings. The fraction of sp³-hybridized carbons (Fsp3) is 0.500. The van der Waals surface area contributed by atoms with Gasteiger partial charge in [-0.1, -0.05) is 6.07 Å². The van der Waals surface area contributed by atoms with Crippen molar-refractivity contribution in [3.05, 3.63) is 35.4 Å². The Balaban J connectivity index is 1.97. The van der Waals surface area contributed by atoms with E-state index in [1.54, 1.807) is 0 Å². The predicted octanol–water partition coefficient (Wildman–Crippen LogP) is 2.14. The van der Waals surface area contributed by atoms with Gasteiger partial charge >= 0.3 is 0 Å². The highest BCUT2D eigenvalue weighted by molar-refractivity contribution is 5.20. The first-order valence-corrected chi connectivity index (χ1v) is 5.38. The third-order valence-corrected chi connectivity index (χ3v) is 3.05. The molecule has 1 saturated carbocycles. The van der Waals surface area contributed by atoms with Crippen molar-refractivity contribution >= 4 is 0 Å². The maximum absolute atomic E-state index is 12.9. The highest BCUT2D eigenvalue weighted by Crippen LogP contribution is 2.34. The van der Waals surface area contributed by atoms with Gasteiger partial charge in [-0.3, -0.25) is 0 Å². The average molecular weight is 227 g/mol. The van der Waals surface area contributed by atoms with Crippen molar-refractivity contribution in [2.24, 2.45) is 0 Å². The molecule has 0 saturated heterocycles. The topological polar surface area (TPSA) is 32.3 Å². The van der Waals surface area contributed by atoms with Gasteiger partial charge in [-0.2, -0.15) is 0 Å². The monoisotopic (exact) mass is 227 g/mol. The third-order valence-electron chi connectivity index (χ3n) is 3.05. The summed E-state index contributed by atoms with van der Waals surface area (Å²) in [6, 6.07) is 3.48. The molecule has 1 unspecified atom stereocenters. The van der Waals surface area contributed by atoms with Crippen LogP contribution in [0.5, 0.6) is 0 Å². The summed E-state index contributed by atoms with van der Waals surface area (Å²) in [6.45, 7) is 2.44. The molecule has 0 radical (unpaired) electrons. The van der Waals surface area contributed by atoms with Crippen molar-refractivity contribution < 1.29 is 13.9 Å². The Bertz CT molecular complexity index is 391. The van der Waals surface area contributed by atoms with Gasteiger partial charge in [-0.05, 0) is 37.5 Å². The summed E-state index contributed by atoms with van der Waals surface area (Å²) in [7, 11) is 0. The van der Waals surface area contributed by atoms with Crippen molar-refractivity contribution in [3.8, 4) is 0 Å². The lowest BCUT2D eigenvalue weighted by molar-refractivity contribution is 0.168. The lowest BCUT2D eigenvalue weighted by Gasteiger charge is -2.16. The molecule has 1 atom stereocenters. The number of benzene rings is 1. The van der Waals surface area contributed by atoms with E-state index in [1.807, 2.05) is 0 Å². The largest absolute Gasteiger partial charge is 0.387 e. The van der Waals surface area contributed by atoms with Gasteiger partial charge in [0.05, 0.1) is 6.10 Å². The van der Waals surface area contributed by atoms with E-state index in [0.717, 1.165) is 25.0 Å². The van der Waals surface area contributed by atoms with Gasteiger partial charge in [0, 0.05) is 12.1 Å². The Labute approximate surface area is 93.3 Å². The highest BCUT2D eigenvalue weighted by Gasteiger charge is 2.36. The van der Waals surface area contributed by atoms with Gasteiger partial charge in [0.2, 0.25) is 0 Å². The molecule has 0 heterocycles. The summed E-state index contributed by atoms with van der Waals surface area (Å²) < 4.78 is 25.6. The van der Waals surface area contributed by atoms with Gasteiger partial charge < -0.3 is 10.4 Å². The van der Waals surface area contributed by atoms with Crippen LogP contribution in [0.4, 0.5) is 8.78 Å². The van der Waals surface area contributed by atoms with E-state index in [2.05, 4.69) is 12.2 Å². The first-order valence-electron chi connectivity index (χ1n) is 5.38. The smallest absolute Gasteiger partial charge is 0.159 e. The van der Waals surface area contributed by atoms with Crippen LogP contribution in [0.1, 0.15) is 31.4 Å². The van der Waals surface area contributed by atoms with Crippen LogP contribution in [0.15, 0.2) is 18.2 Å². The molecule has 1 fully saturated rings. The van der Waals surface area contributed by atoms with E-state index in [4.69, 9.17) is 0 Å². The molecule has 2 rings (SSSR count). The molecule has 2 nitrogen and oxygen atoms in total. The average Bonchev–Trinajstić information content (AvgIpc) is 2.98. The van der Waals surface area contributed by atoms with Crippen LogP contribution in [0.25, 0.3) is 0 Å². The first-order chi connectivity index (χ1) is 7.50. The quantitative estimate of drug-likeness (QED) is 0.826. The van der Waals surface area contributed by atoms with E-state index < -0.39 is 17.7 Å². The number of rotatable bonds is 4. The lowest BCUT2D eigenvalue weighted by atomic mass is 10.1. The molecule has 0 aliphatic heterocycles. The summed E-state index contributed by atoms with van der Waals surface area (Å²) in [5.41, 5.74) is 0.523. The van der Waals surface area contributed by atoms with Crippen molar-refractivity contribution in [2.75, 3.05) is 6.54 Å². The SMILES string of the molecule is CC1(NCC(O)c2ccc(F)c(F)c2)CC1. The minimum atomic E-state index is -0.922. The van der Waals surface area contributed by atoms with E-state index in [1.165, 1.54) is 6.07 Å². The van der Waals surface area contributed by atoms with Crippen LogP contribution in [0.3, 0.4) is 0 Å². The van der Waals surface area contributed by atoms with Crippen molar-refractivity contribution in [1.29, 1.82) is 0 Å². The van der Waals surface area contributed by atoms with Crippen LogP contribution in [0.2, 0.25) is 0 Å². The number of hydrogen-bond donors (Lipinski definition) is 2. The second kappa shape index (κ2) is 4.11. The minimum Gasteiger partial charge on any atom is -0.387 e. The molecule has 0 amide bonds. The molecule has 0 bridgehead atoms. The van der Waals surface area contributed by atoms with Crippen LogP contribution >= 0.6 is 0 Å². The van der Waals surface area contributed by atoms with Gasteiger partial charge in [0.1, 0.15) is 0 Å². The third kappa shape index (κ3) is 2.57. The van der Waals surface area contributed by atoms with E-state index in [9.17, 15) is 13.9 Å². The molecule has 0 aromatic heterocycles. The van der Waals surface area contributed by atoms with Gasteiger partial charge in [-0.25, -0.2) is 8.78 Å². The Morgan fingerprint density at radius 2 is 2.06 bits per heavy atom. The number of halogens is 2. The maximum atomic E-state index is 12.9. The standard InChI is InChI=1S/C12H15F2NO/c1-12(4-5-12)15-7-11(16)8-2-3-9(13)10(14)6-8/h2-3,6,11,15-16H,4-5,7H2,1H3. The normalized spacial score (nSPS) is 19.5. The molecular formula is C12H15F2NO. The fourth-order valence-corrected chi connectivity index (χ4v) is 1.54. The molecule has 1 aromatic carbocycles. The number of nitrogens with one attached hydrogen (secondary N) is 1. The minimum absolute atomic E-state index is 0.125. The zero-order valence-corrected chi connectivity index (χ0v) is 9.13. The Hall–Kier alpha value is -1.00. The second-order valence-electron chi connectivity index (χ2n) is 4.63. The highest BCUT2D eigenvalue weighted by atomic mass is 19.2. The second-order valence-corrected chi connectivity index (χ2v) is 4.63. The molecule has 2 N–H and O–H groups in total. The summed E-state index contributed by atoms with van der Waals surface area (Å²) in [6.07, 6.45) is 1.39. The van der Waals surface area contributed by atoms with Crippen molar-refractivity contribution in [2.45, 2.75) is 31.4 Å². The number of hydrogen-bond acceptors (Lipinski definition) is 2. The fourth-order valence-electron chi connectivity index (χ4n) is 1.54. The molecule has 1 aromatic rings. The molecule has 0 spiro atoms. The van der Waals surface area contributed by atoms with Gasteiger partial charge in [0.15, 0.2) is 11.6 Å². The molecule has 1 aliphatic carbocycles. The summed E-state index contributed by atoms with van der Waals surface area (Å²) >= 11 is 0. The number of aliphatic hydroxyl groups is 1. The Kier molecular flexibility index (Phi) is 2.95. The Morgan fingerprint density at radius 3 is 2.62 bits per heavy atom. The molecule has 16 heavy (non-hydrogen) atoms. The van der Waals surface area contributed by atoms with E-state index in [0.29, 0.717) is 12.1 Å².